The summed E-state index contributed by atoms with van der Waals surface area (Å²) in [6.45, 7) is 3.02. The van der Waals surface area contributed by atoms with Gasteiger partial charge in [-0.15, -0.1) is 0 Å². The Morgan fingerprint density at radius 2 is 1.94 bits per heavy atom. The van der Waals surface area contributed by atoms with Crippen LogP contribution in [0.5, 0.6) is 0 Å². The molecule has 0 heterocycles. The largest absolute Gasteiger partial charge is 0.481 e. The topological polar surface area (TPSA) is 66.8 Å². The van der Waals surface area contributed by atoms with Crippen molar-refractivity contribution in [2.75, 3.05) is 20.2 Å². The Hall–Kier alpha value is -1.26. The van der Waals surface area contributed by atoms with E-state index in [1.54, 1.807) is 7.05 Å². The summed E-state index contributed by atoms with van der Waals surface area (Å²) in [6, 6.07) is 0. The fraction of sp³-hybridized carbons (Fsp3) is 0.818. The van der Waals surface area contributed by atoms with Gasteiger partial charge in [0.1, 0.15) is 0 Å². The second-order valence-electron chi connectivity index (χ2n) is 3.74. The van der Waals surface area contributed by atoms with Crippen molar-refractivity contribution in [3.8, 4) is 0 Å². The summed E-state index contributed by atoms with van der Waals surface area (Å²) in [5.74, 6) is -0.798. The first kappa shape index (κ1) is 14.7. The van der Waals surface area contributed by atoms with Gasteiger partial charge in [0.05, 0.1) is 6.61 Å². The first-order valence-electron chi connectivity index (χ1n) is 5.67. The summed E-state index contributed by atoms with van der Waals surface area (Å²) in [5.41, 5.74) is 0. The molecule has 0 aliphatic heterocycles. The SMILES string of the molecule is CCCCOC(=O)N(C)CCCCC(=O)O. The molecule has 16 heavy (non-hydrogen) atoms. The van der Waals surface area contributed by atoms with E-state index in [9.17, 15) is 9.59 Å². The van der Waals surface area contributed by atoms with Gasteiger partial charge < -0.3 is 14.7 Å². The lowest BCUT2D eigenvalue weighted by atomic mass is 10.2. The van der Waals surface area contributed by atoms with Crippen LogP contribution in [-0.4, -0.2) is 42.3 Å². The highest BCUT2D eigenvalue weighted by molar-refractivity contribution is 5.67. The van der Waals surface area contributed by atoms with E-state index in [-0.39, 0.29) is 12.5 Å². The Morgan fingerprint density at radius 1 is 1.25 bits per heavy atom. The van der Waals surface area contributed by atoms with Gasteiger partial charge >= 0.3 is 12.1 Å². The Balaban J connectivity index is 3.51. The molecule has 0 aromatic carbocycles. The number of rotatable bonds is 8. The van der Waals surface area contributed by atoms with Gasteiger partial charge in [-0.25, -0.2) is 4.79 Å². The maximum atomic E-state index is 11.3. The molecule has 0 fully saturated rings. The van der Waals surface area contributed by atoms with Crippen molar-refractivity contribution >= 4 is 12.1 Å². The van der Waals surface area contributed by atoms with E-state index in [4.69, 9.17) is 9.84 Å². The minimum Gasteiger partial charge on any atom is -0.481 e. The number of amides is 1. The normalized spacial score (nSPS) is 9.88. The molecule has 94 valence electrons. The Bertz CT molecular complexity index is 218. The van der Waals surface area contributed by atoms with Gasteiger partial charge in [-0.05, 0) is 19.3 Å². The van der Waals surface area contributed by atoms with Crippen LogP contribution in [-0.2, 0) is 9.53 Å². The predicted molar refractivity (Wildman–Crippen MR) is 60.4 cm³/mol. The van der Waals surface area contributed by atoms with Crippen molar-refractivity contribution in [3.05, 3.63) is 0 Å². The Labute approximate surface area is 96.4 Å². The monoisotopic (exact) mass is 231 g/mol. The van der Waals surface area contributed by atoms with E-state index in [1.165, 1.54) is 4.90 Å². The molecule has 0 bridgehead atoms. The van der Waals surface area contributed by atoms with E-state index >= 15 is 0 Å². The lowest BCUT2D eigenvalue weighted by molar-refractivity contribution is -0.137. The number of nitrogens with zero attached hydrogens (tertiary/aromatic N) is 1. The van der Waals surface area contributed by atoms with Crippen LogP contribution in [0.15, 0.2) is 0 Å². The fourth-order valence-corrected chi connectivity index (χ4v) is 1.13. The van der Waals surface area contributed by atoms with Crippen molar-refractivity contribution in [1.29, 1.82) is 0 Å². The van der Waals surface area contributed by atoms with Crippen LogP contribution < -0.4 is 0 Å². The van der Waals surface area contributed by atoms with E-state index in [2.05, 4.69) is 0 Å². The highest BCUT2D eigenvalue weighted by Gasteiger charge is 2.08. The Morgan fingerprint density at radius 3 is 2.50 bits per heavy atom. The van der Waals surface area contributed by atoms with Crippen molar-refractivity contribution < 1.29 is 19.4 Å². The van der Waals surface area contributed by atoms with Gasteiger partial charge in [-0.2, -0.15) is 0 Å². The van der Waals surface area contributed by atoms with Crippen LogP contribution in [0.4, 0.5) is 4.79 Å². The number of ether oxygens (including phenoxy) is 1. The van der Waals surface area contributed by atoms with Gasteiger partial charge in [0.25, 0.3) is 0 Å². The van der Waals surface area contributed by atoms with Crippen LogP contribution in [0.25, 0.3) is 0 Å². The van der Waals surface area contributed by atoms with Crippen LogP contribution in [0.1, 0.15) is 39.0 Å². The lowest BCUT2D eigenvalue weighted by Crippen LogP contribution is -2.28. The van der Waals surface area contributed by atoms with Crippen LogP contribution in [0, 0.1) is 0 Å². The molecule has 0 saturated heterocycles. The van der Waals surface area contributed by atoms with E-state index < -0.39 is 5.97 Å². The highest BCUT2D eigenvalue weighted by atomic mass is 16.6. The molecule has 0 rings (SSSR count). The number of unbranched alkanes of at least 4 members (excludes halogenated alkanes) is 2. The quantitative estimate of drug-likeness (QED) is 0.650. The maximum Gasteiger partial charge on any atom is 0.409 e. The minimum absolute atomic E-state index is 0.152. The summed E-state index contributed by atoms with van der Waals surface area (Å²) in [5, 5.41) is 8.43. The zero-order chi connectivity index (χ0) is 12.4. The molecule has 5 heteroatoms. The fourth-order valence-electron chi connectivity index (χ4n) is 1.13. The number of aliphatic carboxylic acids is 1. The number of carbonyl (C=O) groups is 2. The van der Waals surface area contributed by atoms with Gasteiger partial charge in [0.15, 0.2) is 0 Å². The number of hydrogen-bond acceptors (Lipinski definition) is 3. The lowest BCUT2D eigenvalue weighted by Gasteiger charge is -2.16. The molecular weight excluding hydrogens is 210 g/mol. The standard InChI is InChI=1S/C11H21NO4/c1-3-4-9-16-11(15)12(2)8-6-5-7-10(13)14/h3-9H2,1-2H3,(H,13,14). The van der Waals surface area contributed by atoms with Gasteiger partial charge in [0, 0.05) is 20.0 Å². The molecule has 0 aromatic heterocycles. The van der Waals surface area contributed by atoms with E-state index in [0.29, 0.717) is 26.0 Å². The van der Waals surface area contributed by atoms with Crippen LogP contribution in [0.2, 0.25) is 0 Å². The zero-order valence-electron chi connectivity index (χ0n) is 10.1. The van der Waals surface area contributed by atoms with Crippen molar-refractivity contribution in [2.24, 2.45) is 0 Å². The van der Waals surface area contributed by atoms with E-state index in [0.717, 1.165) is 12.8 Å². The molecule has 0 radical (unpaired) electrons. The highest BCUT2D eigenvalue weighted by Crippen LogP contribution is 2.00. The summed E-state index contributed by atoms with van der Waals surface area (Å²) in [7, 11) is 1.66. The number of hydrogen-bond donors (Lipinski definition) is 1. The summed E-state index contributed by atoms with van der Waals surface area (Å²) in [6.07, 6.45) is 2.96. The van der Waals surface area contributed by atoms with Gasteiger partial charge in [0.2, 0.25) is 0 Å². The van der Waals surface area contributed by atoms with Gasteiger partial charge in [-0.1, -0.05) is 13.3 Å². The molecule has 0 aliphatic carbocycles. The molecule has 0 saturated carbocycles. The number of carbonyl (C=O) groups excluding carboxylic acids is 1. The number of carboxylic acids is 1. The molecule has 0 aliphatic rings. The average molecular weight is 231 g/mol. The van der Waals surface area contributed by atoms with Crippen LogP contribution >= 0.6 is 0 Å². The molecule has 5 nitrogen and oxygen atoms in total. The third kappa shape index (κ3) is 8.08. The zero-order valence-corrected chi connectivity index (χ0v) is 10.1. The van der Waals surface area contributed by atoms with Crippen molar-refractivity contribution in [1.82, 2.24) is 4.90 Å². The molecule has 0 aromatic rings. The predicted octanol–water partition coefficient (Wildman–Crippen LogP) is 2.11. The maximum absolute atomic E-state index is 11.3. The van der Waals surface area contributed by atoms with Crippen molar-refractivity contribution in [2.45, 2.75) is 39.0 Å². The Kier molecular flexibility index (Phi) is 8.29. The molecule has 0 spiro atoms. The molecule has 1 N–H and O–H groups in total. The molecular formula is C11H21NO4. The van der Waals surface area contributed by atoms with Crippen LogP contribution in [0.3, 0.4) is 0 Å². The summed E-state index contributed by atoms with van der Waals surface area (Å²) >= 11 is 0. The first-order valence-corrected chi connectivity index (χ1v) is 5.67. The second-order valence-corrected chi connectivity index (χ2v) is 3.74. The minimum atomic E-state index is -0.798. The molecule has 1 amide bonds. The van der Waals surface area contributed by atoms with E-state index in [1.807, 2.05) is 6.92 Å². The second kappa shape index (κ2) is 9.00. The summed E-state index contributed by atoms with van der Waals surface area (Å²) in [4.78, 5) is 23.1. The smallest absolute Gasteiger partial charge is 0.409 e. The molecule has 0 atom stereocenters. The van der Waals surface area contributed by atoms with Crippen molar-refractivity contribution in [3.63, 3.8) is 0 Å². The average Bonchev–Trinajstić information content (AvgIpc) is 2.24. The number of carboxylic acid groups (broad SMARTS) is 1. The summed E-state index contributed by atoms with van der Waals surface area (Å²) < 4.78 is 4.99. The first-order chi connectivity index (χ1) is 7.57. The molecule has 0 unspecified atom stereocenters. The third-order valence-electron chi connectivity index (χ3n) is 2.17. The third-order valence-corrected chi connectivity index (χ3v) is 2.17. The van der Waals surface area contributed by atoms with Gasteiger partial charge in [-0.3, -0.25) is 4.79 Å².